The highest BCUT2D eigenvalue weighted by Gasteiger charge is 2.38. The number of fused-ring (bicyclic) bond motifs is 3. The average Bonchev–Trinajstić information content (AvgIpc) is 3.17. The molecule has 2 aliphatic heterocycles. The lowest BCUT2D eigenvalue weighted by Gasteiger charge is -2.27. The number of hydrogen-bond donors (Lipinski definition) is 1. The number of unbranched alkanes of at least 4 members (excludes halogenated alkanes) is 1. The van der Waals surface area contributed by atoms with E-state index in [9.17, 15) is 13.7 Å². The van der Waals surface area contributed by atoms with E-state index < -0.39 is 10.0 Å². The summed E-state index contributed by atoms with van der Waals surface area (Å²) in [5.41, 5.74) is 1.82. The predicted molar refractivity (Wildman–Crippen MR) is 118 cm³/mol. The van der Waals surface area contributed by atoms with Gasteiger partial charge in [0.25, 0.3) is 0 Å². The van der Waals surface area contributed by atoms with Crippen LogP contribution in [0.4, 0.5) is 0 Å². The summed E-state index contributed by atoms with van der Waals surface area (Å²) in [7, 11) is -3.46. The summed E-state index contributed by atoms with van der Waals surface area (Å²) in [6, 6.07) is 14.5. The van der Waals surface area contributed by atoms with Gasteiger partial charge in [0.05, 0.1) is 23.1 Å². The molecule has 2 unspecified atom stereocenters. The molecular formula is C22H24BrN3O3S. The number of halogens is 1. The van der Waals surface area contributed by atoms with Crippen LogP contribution in [0.1, 0.15) is 29.9 Å². The van der Waals surface area contributed by atoms with Crippen LogP contribution in [0.3, 0.4) is 0 Å². The van der Waals surface area contributed by atoms with Crippen molar-refractivity contribution in [2.45, 2.75) is 23.7 Å². The first kappa shape index (κ1) is 21.3. The molecule has 158 valence electrons. The summed E-state index contributed by atoms with van der Waals surface area (Å²) >= 11 is 3.31. The minimum Gasteiger partial charge on any atom is -0.493 e. The summed E-state index contributed by atoms with van der Waals surface area (Å²) in [6.07, 6.45) is 1.71. The Bertz CT molecular complexity index is 1050. The molecule has 0 saturated carbocycles. The Morgan fingerprint density at radius 3 is 2.73 bits per heavy atom. The molecule has 0 spiro atoms. The fraction of sp³-hybridized carbons (Fsp3) is 0.409. The number of benzene rings is 2. The summed E-state index contributed by atoms with van der Waals surface area (Å²) in [5, 5.41) is 9.19. The van der Waals surface area contributed by atoms with Crippen LogP contribution in [0.25, 0.3) is 0 Å². The molecule has 2 atom stereocenters. The van der Waals surface area contributed by atoms with Crippen molar-refractivity contribution in [2.75, 3.05) is 32.8 Å². The number of nitrogens with zero attached hydrogens (tertiary/aromatic N) is 2. The van der Waals surface area contributed by atoms with Crippen LogP contribution in [-0.2, 0) is 10.0 Å². The first-order valence-corrected chi connectivity index (χ1v) is 12.4. The van der Waals surface area contributed by atoms with Crippen molar-refractivity contribution >= 4 is 26.0 Å². The van der Waals surface area contributed by atoms with E-state index in [2.05, 4.69) is 31.6 Å². The van der Waals surface area contributed by atoms with Gasteiger partial charge in [-0.3, -0.25) is 0 Å². The molecule has 0 amide bonds. The van der Waals surface area contributed by atoms with Crippen LogP contribution in [-0.4, -0.2) is 46.1 Å². The van der Waals surface area contributed by atoms with E-state index in [1.165, 1.54) is 0 Å². The second kappa shape index (κ2) is 9.06. The number of nitriles is 1. The van der Waals surface area contributed by atoms with E-state index in [1.807, 2.05) is 12.1 Å². The Morgan fingerprint density at radius 2 is 1.97 bits per heavy atom. The summed E-state index contributed by atoms with van der Waals surface area (Å²) in [4.78, 5) is 2.71. The monoisotopic (exact) mass is 489 g/mol. The van der Waals surface area contributed by atoms with Crippen LogP contribution >= 0.6 is 15.9 Å². The zero-order valence-corrected chi connectivity index (χ0v) is 19.0. The van der Waals surface area contributed by atoms with E-state index in [1.54, 1.807) is 30.3 Å². The first-order chi connectivity index (χ1) is 14.5. The molecule has 30 heavy (non-hydrogen) atoms. The van der Waals surface area contributed by atoms with Crippen LogP contribution in [0.5, 0.6) is 5.75 Å². The van der Waals surface area contributed by atoms with Crippen molar-refractivity contribution in [3.63, 3.8) is 0 Å². The van der Waals surface area contributed by atoms with Gasteiger partial charge in [-0.25, -0.2) is 13.1 Å². The third-order valence-electron chi connectivity index (χ3n) is 5.83. The molecule has 2 aliphatic rings. The maximum absolute atomic E-state index is 12.3. The van der Waals surface area contributed by atoms with Crippen LogP contribution in [0.2, 0.25) is 0 Å². The third kappa shape index (κ3) is 4.70. The third-order valence-corrected chi connectivity index (χ3v) is 7.83. The van der Waals surface area contributed by atoms with Gasteiger partial charge in [0.2, 0.25) is 10.0 Å². The molecule has 4 rings (SSSR count). The van der Waals surface area contributed by atoms with Gasteiger partial charge in [0, 0.05) is 41.5 Å². The summed E-state index contributed by atoms with van der Waals surface area (Å²) in [5.74, 6) is 1.75. The number of nitrogens with one attached hydrogen (secondary N) is 1. The Balaban J connectivity index is 1.25. The average molecular weight is 490 g/mol. The summed E-state index contributed by atoms with van der Waals surface area (Å²) in [6.45, 7) is 4.01. The minimum absolute atomic E-state index is 0.282. The van der Waals surface area contributed by atoms with Gasteiger partial charge in [-0.05, 0) is 61.9 Å². The highest BCUT2D eigenvalue weighted by Crippen LogP contribution is 2.41. The Labute approximate surface area is 186 Å². The predicted octanol–water partition coefficient (Wildman–Crippen LogP) is 3.49. The zero-order valence-electron chi connectivity index (χ0n) is 16.6. The van der Waals surface area contributed by atoms with E-state index in [4.69, 9.17) is 4.74 Å². The number of rotatable bonds is 7. The fourth-order valence-electron chi connectivity index (χ4n) is 4.26. The molecule has 1 N–H and O–H groups in total. The molecular weight excluding hydrogens is 466 g/mol. The smallest absolute Gasteiger partial charge is 0.240 e. The van der Waals surface area contributed by atoms with Crippen LogP contribution in [0, 0.1) is 17.2 Å². The standard InChI is InChI=1S/C22H24BrN3O3S/c23-18-4-6-19(7-5-18)30(27,28)25-9-1-2-10-26-13-17-15-29-22-8-3-16(12-24)11-20(22)21(17)14-26/h3-8,11,17,21,25H,1-2,9-10,13-15H2. The molecule has 0 bridgehead atoms. The highest BCUT2D eigenvalue weighted by atomic mass is 79.9. The Hall–Kier alpha value is -1.92. The number of sulfonamides is 1. The molecule has 2 heterocycles. The Morgan fingerprint density at radius 1 is 1.17 bits per heavy atom. The lowest BCUT2D eigenvalue weighted by atomic mass is 9.86. The normalized spacial score (nSPS) is 20.8. The van der Waals surface area contributed by atoms with Gasteiger partial charge in [0.1, 0.15) is 5.75 Å². The fourth-order valence-corrected chi connectivity index (χ4v) is 5.60. The maximum atomic E-state index is 12.3. The largest absolute Gasteiger partial charge is 0.493 e. The first-order valence-electron chi connectivity index (χ1n) is 10.1. The van der Waals surface area contributed by atoms with E-state index in [0.29, 0.717) is 30.6 Å². The van der Waals surface area contributed by atoms with Crippen molar-refractivity contribution in [2.24, 2.45) is 5.92 Å². The zero-order chi connectivity index (χ0) is 21.1. The molecule has 0 radical (unpaired) electrons. The van der Waals surface area contributed by atoms with Crippen molar-refractivity contribution in [3.8, 4) is 11.8 Å². The second-order valence-corrected chi connectivity index (χ2v) is 10.5. The van der Waals surface area contributed by atoms with Gasteiger partial charge in [-0.2, -0.15) is 5.26 Å². The molecule has 8 heteroatoms. The number of ether oxygens (including phenoxy) is 1. The van der Waals surface area contributed by atoms with E-state index >= 15 is 0 Å². The topological polar surface area (TPSA) is 82.4 Å². The van der Waals surface area contributed by atoms with Gasteiger partial charge in [-0.1, -0.05) is 15.9 Å². The molecule has 2 aromatic carbocycles. The van der Waals surface area contributed by atoms with E-state index in [-0.39, 0.29) is 4.90 Å². The molecule has 0 aromatic heterocycles. The van der Waals surface area contributed by atoms with Crippen molar-refractivity contribution in [3.05, 3.63) is 58.1 Å². The number of hydrogen-bond acceptors (Lipinski definition) is 5. The van der Waals surface area contributed by atoms with Crippen molar-refractivity contribution < 1.29 is 13.2 Å². The molecule has 6 nitrogen and oxygen atoms in total. The lowest BCUT2D eigenvalue weighted by molar-refractivity contribution is 0.212. The maximum Gasteiger partial charge on any atom is 0.240 e. The van der Waals surface area contributed by atoms with Gasteiger partial charge >= 0.3 is 0 Å². The molecule has 0 aliphatic carbocycles. The second-order valence-electron chi connectivity index (χ2n) is 7.86. The quantitative estimate of drug-likeness (QED) is 0.601. The molecule has 1 saturated heterocycles. The van der Waals surface area contributed by atoms with Gasteiger partial charge < -0.3 is 9.64 Å². The van der Waals surface area contributed by atoms with Gasteiger partial charge in [0.15, 0.2) is 0 Å². The molecule has 1 fully saturated rings. The van der Waals surface area contributed by atoms with Gasteiger partial charge in [-0.15, -0.1) is 0 Å². The van der Waals surface area contributed by atoms with Crippen molar-refractivity contribution in [1.29, 1.82) is 5.26 Å². The molecule has 2 aromatic rings. The lowest BCUT2D eigenvalue weighted by Crippen LogP contribution is -2.27. The summed E-state index contributed by atoms with van der Waals surface area (Å²) < 4.78 is 34.1. The van der Waals surface area contributed by atoms with Crippen LogP contribution in [0.15, 0.2) is 51.8 Å². The number of likely N-dealkylation sites (tertiary alicyclic amines) is 1. The highest BCUT2D eigenvalue weighted by molar-refractivity contribution is 9.10. The van der Waals surface area contributed by atoms with Crippen LogP contribution < -0.4 is 9.46 Å². The SMILES string of the molecule is N#Cc1ccc2c(c1)C1CN(CCCCNS(=O)(=O)c3ccc(Br)cc3)CC1CO2. The van der Waals surface area contributed by atoms with Crippen molar-refractivity contribution in [1.82, 2.24) is 9.62 Å². The van der Waals surface area contributed by atoms with E-state index in [0.717, 1.165) is 48.3 Å². The minimum atomic E-state index is -3.46. The Kier molecular flexibility index (Phi) is 6.44.